The first kappa shape index (κ1) is 20.7. The summed E-state index contributed by atoms with van der Waals surface area (Å²) in [5.41, 5.74) is 2.26. The molecule has 0 radical (unpaired) electrons. The SMILES string of the molecule is Clc1cccc(N2CCN(CCOCc3ccccc3Oc3ccccc3)CC2)c1. The van der Waals surface area contributed by atoms with Crippen LogP contribution in [0.25, 0.3) is 0 Å². The van der Waals surface area contributed by atoms with Gasteiger partial charge in [0.05, 0.1) is 13.2 Å². The van der Waals surface area contributed by atoms with E-state index in [0.717, 1.165) is 54.8 Å². The number of piperazine rings is 1. The van der Waals surface area contributed by atoms with Gasteiger partial charge in [-0.25, -0.2) is 0 Å². The van der Waals surface area contributed by atoms with Crippen LogP contribution in [0.3, 0.4) is 0 Å². The Balaban J connectivity index is 1.21. The number of nitrogens with zero attached hydrogens (tertiary/aromatic N) is 2. The summed E-state index contributed by atoms with van der Waals surface area (Å²) in [5.74, 6) is 1.68. The Morgan fingerprint density at radius 3 is 2.37 bits per heavy atom. The van der Waals surface area contributed by atoms with Crippen molar-refractivity contribution in [2.75, 3.05) is 44.2 Å². The van der Waals surface area contributed by atoms with E-state index < -0.39 is 0 Å². The van der Waals surface area contributed by atoms with E-state index in [1.165, 1.54) is 5.69 Å². The normalized spacial score (nSPS) is 14.6. The molecule has 1 heterocycles. The molecule has 0 amide bonds. The number of para-hydroxylation sites is 2. The molecular formula is C25H27ClN2O2. The molecule has 1 fully saturated rings. The number of anilines is 1. The van der Waals surface area contributed by atoms with Crippen LogP contribution in [0.15, 0.2) is 78.9 Å². The van der Waals surface area contributed by atoms with Gasteiger partial charge in [-0.2, -0.15) is 0 Å². The third-order valence-electron chi connectivity index (χ3n) is 5.30. The maximum Gasteiger partial charge on any atom is 0.132 e. The van der Waals surface area contributed by atoms with Crippen LogP contribution in [0.1, 0.15) is 5.56 Å². The second-order valence-corrected chi connectivity index (χ2v) is 7.82. The van der Waals surface area contributed by atoms with Gasteiger partial charge in [-0.3, -0.25) is 4.90 Å². The quantitative estimate of drug-likeness (QED) is 0.449. The van der Waals surface area contributed by atoms with Crippen molar-refractivity contribution >= 4 is 17.3 Å². The third-order valence-corrected chi connectivity index (χ3v) is 5.53. The van der Waals surface area contributed by atoms with Crippen molar-refractivity contribution in [1.82, 2.24) is 4.90 Å². The number of halogens is 1. The summed E-state index contributed by atoms with van der Waals surface area (Å²) in [6.07, 6.45) is 0. The van der Waals surface area contributed by atoms with Crippen LogP contribution >= 0.6 is 11.6 Å². The van der Waals surface area contributed by atoms with Crippen LogP contribution in [0.4, 0.5) is 5.69 Å². The van der Waals surface area contributed by atoms with Crippen LogP contribution in [0.5, 0.6) is 11.5 Å². The lowest BCUT2D eigenvalue weighted by Crippen LogP contribution is -2.47. The zero-order valence-electron chi connectivity index (χ0n) is 17.0. The summed E-state index contributed by atoms with van der Waals surface area (Å²) in [4.78, 5) is 4.84. The molecular weight excluding hydrogens is 396 g/mol. The van der Waals surface area contributed by atoms with Gasteiger partial charge >= 0.3 is 0 Å². The highest BCUT2D eigenvalue weighted by molar-refractivity contribution is 6.30. The monoisotopic (exact) mass is 422 g/mol. The fourth-order valence-electron chi connectivity index (χ4n) is 3.62. The molecule has 3 aromatic carbocycles. The Labute approximate surface area is 183 Å². The lowest BCUT2D eigenvalue weighted by atomic mass is 10.2. The summed E-state index contributed by atoms with van der Waals surface area (Å²) < 4.78 is 12.0. The molecule has 0 spiro atoms. The van der Waals surface area contributed by atoms with E-state index in [1.54, 1.807) is 0 Å². The van der Waals surface area contributed by atoms with Crippen molar-refractivity contribution in [3.8, 4) is 11.5 Å². The van der Waals surface area contributed by atoms with Gasteiger partial charge in [0.1, 0.15) is 11.5 Å². The maximum absolute atomic E-state index is 6.12. The second kappa shape index (κ2) is 10.5. The summed E-state index contributed by atoms with van der Waals surface area (Å²) >= 11 is 6.12. The van der Waals surface area contributed by atoms with E-state index >= 15 is 0 Å². The molecule has 0 aliphatic carbocycles. The van der Waals surface area contributed by atoms with Crippen molar-refractivity contribution in [3.05, 3.63) is 89.4 Å². The summed E-state index contributed by atoms with van der Waals surface area (Å²) in [7, 11) is 0. The highest BCUT2D eigenvalue weighted by Gasteiger charge is 2.17. The van der Waals surface area contributed by atoms with Crippen molar-refractivity contribution in [1.29, 1.82) is 0 Å². The molecule has 156 valence electrons. The zero-order valence-corrected chi connectivity index (χ0v) is 17.8. The predicted octanol–water partition coefficient (Wildman–Crippen LogP) is 5.47. The minimum Gasteiger partial charge on any atom is -0.457 e. The first-order valence-electron chi connectivity index (χ1n) is 10.4. The van der Waals surface area contributed by atoms with E-state index in [1.807, 2.05) is 66.7 Å². The maximum atomic E-state index is 6.12. The average Bonchev–Trinajstić information content (AvgIpc) is 2.79. The predicted molar refractivity (Wildman–Crippen MR) is 123 cm³/mol. The van der Waals surface area contributed by atoms with Gasteiger partial charge in [-0.1, -0.05) is 54.1 Å². The Morgan fingerprint density at radius 2 is 1.57 bits per heavy atom. The van der Waals surface area contributed by atoms with E-state index in [9.17, 15) is 0 Å². The van der Waals surface area contributed by atoms with Crippen LogP contribution < -0.4 is 9.64 Å². The van der Waals surface area contributed by atoms with Gasteiger partial charge in [0.2, 0.25) is 0 Å². The molecule has 0 aromatic heterocycles. The van der Waals surface area contributed by atoms with Crippen molar-refractivity contribution in [2.24, 2.45) is 0 Å². The van der Waals surface area contributed by atoms with Crippen LogP contribution in [0, 0.1) is 0 Å². The van der Waals surface area contributed by atoms with Crippen LogP contribution in [0.2, 0.25) is 5.02 Å². The highest BCUT2D eigenvalue weighted by Crippen LogP contribution is 2.25. The molecule has 0 saturated carbocycles. The number of rotatable bonds is 8. The van der Waals surface area contributed by atoms with Crippen molar-refractivity contribution in [2.45, 2.75) is 6.61 Å². The van der Waals surface area contributed by atoms with Crippen molar-refractivity contribution < 1.29 is 9.47 Å². The fourth-order valence-corrected chi connectivity index (χ4v) is 3.80. The number of benzene rings is 3. The van der Waals surface area contributed by atoms with E-state index in [4.69, 9.17) is 21.1 Å². The standard InChI is InChI=1S/C25H27ClN2O2/c26-22-8-6-9-23(19-22)28-15-13-27(14-16-28)17-18-29-20-21-7-4-5-12-25(21)30-24-10-2-1-3-11-24/h1-12,19H,13-18,20H2. The molecule has 1 aliphatic heterocycles. The fraction of sp³-hybridized carbons (Fsp3) is 0.280. The zero-order chi connectivity index (χ0) is 20.6. The largest absolute Gasteiger partial charge is 0.457 e. The van der Waals surface area contributed by atoms with Gasteiger partial charge in [-0.15, -0.1) is 0 Å². The molecule has 1 aliphatic rings. The smallest absolute Gasteiger partial charge is 0.132 e. The Morgan fingerprint density at radius 1 is 0.800 bits per heavy atom. The van der Waals surface area contributed by atoms with E-state index in [-0.39, 0.29) is 0 Å². The molecule has 0 bridgehead atoms. The first-order valence-corrected chi connectivity index (χ1v) is 10.8. The summed E-state index contributed by atoms with van der Waals surface area (Å²) in [5, 5.41) is 0.792. The Hall–Kier alpha value is -2.53. The van der Waals surface area contributed by atoms with Gasteiger partial charge in [0.25, 0.3) is 0 Å². The van der Waals surface area contributed by atoms with E-state index in [0.29, 0.717) is 13.2 Å². The number of hydrogen-bond donors (Lipinski definition) is 0. The van der Waals surface area contributed by atoms with Crippen molar-refractivity contribution in [3.63, 3.8) is 0 Å². The number of hydrogen-bond acceptors (Lipinski definition) is 4. The van der Waals surface area contributed by atoms with Gasteiger partial charge in [0, 0.05) is 49.0 Å². The number of ether oxygens (including phenoxy) is 2. The molecule has 30 heavy (non-hydrogen) atoms. The second-order valence-electron chi connectivity index (χ2n) is 7.38. The van der Waals surface area contributed by atoms with E-state index in [2.05, 4.69) is 21.9 Å². The average molecular weight is 423 g/mol. The summed E-state index contributed by atoms with van der Waals surface area (Å²) in [6, 6.07) is 26.0. The first-order chi connectivity index (χ1) is 14.8. The minimum absolute atomic E-state index is 0.547. The van der Waals surface area contributed by atoms with Crippen LogP contribution in [-0.4, -0.2) is 44.2 Å². The minimum atomic E-state index is 0.547. The molecule has 0 atom stereocenters. The van der Waals surface area contributed by atoms with Gasteiger partial charge in [-0.05, 0) is 36.4 Å². The molecule has 5 heteroatoms. The molecule has 0 unspecified atom stereocenters. The molecule has 4 nitrogen and oxygen atoms in total. The lowest BCUT2D eigenvalue weighted by Gasteiger charge is -2.36. The molecule has 3 aromatic rings. The molecule has 4 rings (SSSR count). The van der Waals surface area contributed by atoms with Crippen LogP contribution in [-0.2, 0) is 11.3 Å². The lowest BCUT2D eigenvalue weighted by molar-refractivity contribution is 0.0897. The highest BCUT2D eigenvalue weighted by atomic mass is 35.5. The third kappa shape index (κ3) is 5.76. The molecule has 1 saturated heterocycles. The molecule has 0 N–H and O–H groups in total. The topological polar surface area (TPSA) is 24.9 Å². The Kier molecular flexibility index (Phi) is 7.25. The van der Waals surface area contributed by atoms with Gasteiger partial charge < -0.3 is 14.4 Å². The Bertz CT molecular complexity index is 927. The summed E-state index contributed by atoms with van der Waals surface area (Å²) in [6.45, 7) is 6.27. The van der Waals surface area contributed by atoms with Gasteiger partial charge in [0.15, 0.2) is 0 Å².